The predicted molar refractivity (Wildman–Crippen MR) is 72.3 cm³/mol. The Morgan fingerprint density at radius 3 is 2.82 bits per heavy atom. The monoisotopic (exact) mass is 295 g/mol. The van der Waals surface area contributed by atoms with Crippen molar-refractivity contribution in [2.45, 2.75) is 6.54 Å². The molecule has 1 N–H and O–H groups in total. The molecule has 0 radical (unpaired) electrons. The quantitative estimate of drug-likeness (QED) is 0.938. The maximum absolute atomic E-state index is 11.6. The lowest BCUT2D eigenvalue weighted by Crippen LogP contribution is -2.24. The molecule has 0 fully saturated rings. The SMILES string of the molecule is Cn1ccn(CCNc2cccc(Br)c2)c1=O. The van der Waals surface area contributed by atoms with Crippen LogP contribution in [0.1, 0.15) is 0 Å². The molecule has 0 bridgehead atoms. The number of nitrogens with zero attached hydrogens (tertiary/aromatic N) is 2. The fourth-order valence-electron chi connectivity index (χ4n) is 1.60. The summed E-state index contributed by atoms with van der Waals surface area (Å²) in [5, 5.41) is 3.27. The Morgan fingerprint density at radius 1 is 1.35 bits per heavy atom. The second kappa shape index (κ2) is 5.23. The molecule has 1 aromatic carbocycles. The van der Waals surface area contributed by atoms with Gasteiger partial charge in [0, 0.05) is 42.7 Å². The molecule has 0 saturated heterocycles. The topological polar surface area (TPSA) is 39.0 Å². The van der Waals surface area contributed by atoms with Gasteiger partial charge in [-0.2, -0.15) is 0 Å². The van der Waals surface area contributed by atoms with Gasteiger partial charge in [0.15, 0.2) is 0 Å². The van der Waals surface area contributed by atoms with Crippen molar-refractivity contribution in [1.82, 2.24) is 9.13 Å². The van der Waals surface area contributed by atoms with Crippen LogP contribution in [-0.4, -0.2) is 15.7 Å². The summed E-state index contributed by atoms with van der Waals surface area (Å²) in [7, 11) is 1.75. The number of aromatic nitrogens is 2. The summed E-state index contributed by atoms with van der Waals surface area (Å²) in [4.78, 5) is 11.6. The molecule has 0 aliphatic heterocycles. The zero-order valence-corrected chi connectivity index (χ0v) is 11.1. The molecule has 0 atom stereocenters. The molecule has 0 amide bonds. The normalized spacial score (nSPS) is 10.5. The van der Waals surface area contributed by atoms with Gasteiger partial charge in [-0.15, -0.1) is 0 Å². The van der Waals surface area contributed by atoms with Crippen LogP contribution in [0.3, 0.4) is 0 Å². The van der Waals surface area contributed by atoms with E-state index < -0.39 is 0 Å². The minimum Gasteiger partial charge on any atom is -0.383 e. The van der Waals surface area contributed by atoms with Gasteiger partial charge < -0.3 is 9.88 Å². The van der Waals surface area contributed by atoms with Gasteiger partial charge in [0.2, 0.25) is 0 Å². The molecule has 0 spiro atoms. The maximum Gasteiger partial charge on any atom is 0.327 e. The molecule has 5 heteroatoms. The molecule has 1 heterocycles. The van der Waals surface area contributed by atoms with Gasteiger partial charge in [0.05, 0.1) is 0 Å². The number of anilines is 1. The van der Waals surface area contributed by atoms with Crippen molar-refractivity contribution < 1.29 is 0 Å². The lowest BCUT2D eigenvalue weighted by atomic mass is 10.3. The van der Waals surface area contributed by atoms with E-state index >= 15 is 0 Å². The number of benzene rings is 1. The number of aryl methyl sites for hydroxylation is 1. The second-order valence-corrected chi connectivity index (χ2v) is 4.74. The summed E-state index contributed by atoms with van der Waals surface area (Å²) >= 11 is 3.42. The number of halogens is 1. The molecule has 0 unspecified atom stereocenters. The van der Waals surface area contributed by atoms with E-state index in [1.54, 1.807) is 28.6 Å². The first-order chi connectivity index (χ1) is 8.16. The molecule has 1 aromatic heterocycles. The van der Waals surface area contributed by atoms with E-state index in [-0.39, 0.29) is 5.69 Å². The molecule has 2 rings (SSSR count). The Balaban J connectivity index is 1.92. The molecular formula is C12H14BrN3O. The van der Waals surface area contributed by atoms with Crippen molar-refractivity contribution >= 4 is 21.6 Å². The fourth-order valence-corrected chi connectivity index (χ4v) is 2.00. The van der Waals surface area contributed by atoms with Crippen LogP contribution < -0.4 is 11.0 Å². The van der Waals surface area contributed by atoms with Crippen LogP contribution in [0.4, 0.5) is 5.69 Å². The third-order valence-corrected chi connectivity index (χ3v) is 3.02. The Labute approximate surface area is 108 Å². The van der Waals surface area contributed by atoms with E-state index in [1.807, 2.05) is 24.3 Å². The lowest BCUT2D eigenvalue weighted by molar-refractivity contribution is 0.672. The standard InChI is InChI=1S/C12H14BrN3O/c1-15-7-8-16(12(15)17)6-5-14-11-4-2-3-10(13)9-11/h2-4,7-9,14H,5-6H2,1H3. The average molecular weight is 296 g/mol. The Kier molecular flexibility index (Phi) is 3.68. The predicted octanol–water partition coefficient (Wildman–Crippen LogP) is 2.06. The minimum atomic E-state index is 0.0149. The van der Waals surface area contributed by atoms with E-state index in [0.29, 0.717) is 6.54 Å². The molecule has 17 heavy (non-hydrogen) atoms. The summed E-state index contributed by atoms with van der Waals surface area (Å²) in [6.45, 7) is 1.38. The third kappa shape index (κ3) is 3.00. The van der Waals surface area contributed by atoms with Crippen molar-refractivity contribution in [3.05, 3.63) is 51.6 Å². The molecule has 2 aromatic rings. The van der Waals surface area contributed by atoms with Gasteiger partial charge in [-0.05, 0) is 18.2 Å². The summed E-state index contributed by atoms with van der Waals surface area (Å²) in [5.41, 5.74) is 1.06. The lowest BCUT2D eigenvalue weighted by Gasteiger charge is -2.06. The second-order valence-electron chi connectivity index (χ2n) is 3.82. The van der Waals surface area contributed by atoms with Crippen molar-refractivity contribution in [2.75, 3.05) is 11.9 Å². The number of hydrogen-bond donors (Lipinski definition) is 1. The van der Waals surface area contributed by atoms with Gasteiger partial charge in [-0.1, -0.05) is 22.0 Å². The van der Waals surface area contributed by atoms with Gasteiger partial charge in [0.1, 0.15) is 0 Å². The van der Waals surface area contributed by atoms with Crippen LogP contribution in [0.5, 0.6) is 0 Å². The first kappa shape index (κ1) is 12.0. The fraction of sp³-hybridized carbons (Fsp3) is 0.250. The number of imidazole rings is 1. The summed E-state index contributed by atoms with van der Waals surface area (Å²) < 4.78 is 4.30. The van der Waals surface area contributed by atoms with Crippen LogP contribution in [0.25, 0.3) is 0 Å². The average Bonchev–Trinajstić information content (AvgIpc) is 2.61. The molecule has 0 aliphatic carbocycles. The van der Waals surface area contributed by atoms with Crippen LogP contribution in [-0.2, 0) is 13.6 Å². The Bertz CT molecular complexity index is 559. The first-order valence-electron chi connectivity index (χ1n) is 5.38. The molecule has 4 nitrogen and oxygen atoms in total. The molecular weight excluding hydrogens is 282 g/mol. The summed E-state index contributed by atoms with van der Waals surface area (Å²) in [6.07, 6.45) is 3.56. The highest BCUT2D eigenvalue weighted by molar-refractivity contribution is 9.10. The van der Waals surface area contributed by atoms with E-state index in [9.17, 15) is 4.79 Å². The van der Waals surface area contributed by atoms with Crippen LogP contribution in [0, 0.1) is 0 Å². The van der Waals surface area contributed by atoms with Gasteiger partial charge in [-0.25, -0.2) is 4.79 Å². The third-order valence-electron chi connectivity index (χ3n) is 2.52. The highest BCUT2D eigenvalue weighted by Gasteiger charge is 1.99. The number of rotatable bonds is 4. The summed E-state index contributed by atoms with van der Waals surface area (Å²) in [5.74, 6) is 0. The maximum atomic E-state index is 11.6. The van der Waals surface area contributed by atoms with Gasteiger partial charge >= 0.3 is 5.69 Å². The largest absolute Gasteiger partial charge is 0.383 e. The Morgan fingerprint density at radius 2 is 2.18 bits per heavy atom. The van der Waals surface area contributed by atoms with E-state index in [2.05, 4.69) is 21.2 Å². The first-order valence-corrected chi connectivity index (χ1v) is 6.17. The molecule has 0 aliphatic rings. The van der Waals surface area contributed by atoms with Crippen molar-refractivity contribution in [3.8, 4) is 0 Å². The molecule has 0 saturated carbocycles. The van der Waals surface area contributed by atoms with E-state index in [1.165, 1.54) is 0 Å². The summed E-state index contributed by atoms with van der Waals surface area (Å²) in [6, 6.07) is 7.96. The highest BCUT2D eigenvalue weighted by Crippen LogP contribution is 2.15. The van der Waals surface area contributed by atoms with E-state index in [4.69, 9.17) is 0 Å². The zero-order valence-electron chi connectivity index (χ0n) is 9.56. The van der Waals surface area contributed by atoms with Crippen molar-refractivity contribution in [2.24, 2.45) is 7.05 Å². The van der Waals surface area contributed by atoms with Crippen molar-refractivity contribution in [3.63, 3.8) is 0 Å². The van der Waals surface area contributed by atoms with Gasteiger partial charge in [-0.3, -0.25) is 4.57 Å². The smallest absolute Gasteiger partial charge is 0.327 e. The zero-order chi connectivity index (χ0) is 12.3. The molecule has 90 valence electrons. The van der Waals surface area contributed by atoms with Gasteiger partial charge in [0.25, 0.3) is 0 Å². The highest BCUT2D eigenvalue weighted by atomic mass is 79.9. The minimum absolute atomic E-state index is 0.0149. The van der Waals surface area contributed by atoms with Crippen LogP contribution in [0.2, 0.25) is 0 Å². The van der Waals surface area contributed by atoms with Crippen LogP contribution in [0.15, 0.2) is 45.9 Å². The Hall–Kier alpha value is -1.49. The number of hydrogen-bond acceptors (Lipinski definition) is 2. The van der Waals surface area contributed by atoms with Crippen LogP contribution >= 0.6 is 15.9 Å². The van der Waals surface area contributed by atoms with E-state index in [0.717, 1.165) is 16.7 Å². The van der Waals surface area contributed by atoms with Crippen molar-refractivity contribution in [1.29, 1.82) is 0 Å². The number of nitrogens with one attached hydrogen (secondary N) is 1.